The predicted molar refractivity (Wildman–Crippen MR) is 69.8 cm³/mol. The lowest BCUT2D eigenvalue weighted by Crippen LogP contribution is -2.48. The average molecular weight is 298 g/mol. The summed E-state index contributed by atoms with van der Waals surface area (Å²) in [5.74, 6) is -1.39. The van der Waals surface area contributed by atoms with Gasteiger partial charge in [-0.15, -0.1) is 0 Å². The first-order valence-corrected chi connectivity index (χ1v) is 6.68. The Morgan fingerprint density at radius 1 is 1.50 bits per heavy atom. The highest BCUT2D eigenvalue weighted by Gasteiger charge is 2.78. The van der Waals surface area contributed by atoms with Crippen LogP contribution in [0.2, 0.25) is 5.02 Å². The number of rotatable bonds is 2. The molecule has 2 fully saturated rings. The van der Waals surface area contributed by atoms with Gasteiger partial charge in [0.05, 0.1) is 12.1 Å². The number of nitrogens with one attached hydrogen (secondary N) is 1. The minimum Gasteiger partial charge on any atom is -0.468 e. The summed E-state index contributed by atoms with van der Waals surface area (Å²) >= 11 is 5.82. The summed E-state index contributed by atoms with van der Waals surface area (Å²) in [4.78, 5) is 24.3. The van der Waals surface area contributed by atoms with Crippen LogP contribution >= 0.6 is 11.6 Å². The predicted octanol–water partition coefficient (Wildman–Crippen LogP) is 1.80. The first-order chi connectivity index (χ1) is 9.48. The van der Waals surface area contributed by atoms with Crippen molar-refractivity contribution in [2.75, 3.05) is 13.7 Å². The van der Waals surface area contributed by atoms with E-state index < -0.39 is 22.6 Å². The normalized spacial score (nSPS) is 31.2. The average Bonchev–Trinajstić information content (AvgIpc) is 3.14. The molecule has 1 amide bonds. The van der Waals surface area contributed by atoms with Crippen LogP contribution in [0.4, 0.5) is 4.39 Å². The molecule has 1 aromatic rings. The molecular formula is C14H13ClFNO3. The van der Waals surface area contributed by atoms with Crippen LogP contribution in [0.3, 0.4) is 0 Å². The number of ether oxygens (including phenoxy) is 1. The molecular weight excluding hydrogens is 285 g/mol. The maximum absolute atomic E-state index is 13.3. The summed E-state index contributed by atoms with van der Waals surface area (Å²) in [5.41, 5.74) is -1.11. The van der Waals surface area contributed by atoms with E-state index in [9.17, 15) is 14.0 Å². The molecule has 1 aliphatic heterocycles. The second-order valence-electron chi connectivity index (χ2n) is 5.29. The van der Waals surface area contributed by atoms with Gasteiger partial charge in [0.25, 0.3) is 0 Å². The first kappa shape index (κ1) is 13.4. The Morgan fingerprint density at radius 2 is 2.25 bits per heavy atom. The zero-order valence-corrected chi connectivity index (χ0v) is 11.6. The van der Waals surface area contributed by atoms with Crippen LogP contribution < -0.4 is 5.32 Å². The van der Waals surface area contributed by atoms with Crippen molar-refractivity contribution in [3.63, 3.8) is 0 Å². The number of fused-ring (bicyclic) bond motifs is 1. The number of carbonyl (C=O) groups is 2. The van der Waals surface area contributed by atoms with Gasteiger partial charge in [0.1, 0.15) is 5.82 Å². The third-order valence-corrected chi connectivity index (χ3v) is 4.78. The monoisotopic (exact) mass is 297 g/mol. The van der Waals surface area contributed by atoms with Gasteiger partial charge in [-0.3, -0.25) is 9.59 Å². The Labute approximate surface area is 120 Å². The Bertz CT molecular complexity index is 610. The summed E-state index contributed by atoms with van der Waals surface area (Å²) in [6.07, 6.45) is 0.982. The van der Waals surface area contributed by atoms with Crippen molar-refractivity contribution in [2.24, 2.45) is 5.41 Å². The molecule has 2 unspecified atom stereocenters. The second-order valence-corrected chi connectivity index (χ2v) is 5.70. The molecule has 3 rings (SSSR count). The van der Waals surface area contributed by atoms with Gasteiger partial charge in [-0.2, -0.15) is 0 Å². The zero-order chi connectivity index (χ0) is 14.5. The lowest BCUT2D eigenvalue weighted by molar-refractivity contribution is -0.154. The molecule has 1 aromatic carbocycles. The number of halogens is 2. The summed E-state index contributed by atoms with van der Waals surface area (Å²) in [7, 11) is 1.26. The summed E-state index contributed by atoms with van der Waals surface area (Å²) in [6.45, 7) is 0.479. The molecule has 1 heterocycles. The van der Waals surface area contributed by atoms with Gasteiger partial charge >= 0.3 is 5.97 Å². The van der Waals surface area contributed by atoms with Crippen molar-refractivity contribution >= 4 is 23.5 Å². The molecule has 1 N–H and O–H groups in total. The van der Waals surface area contributed by atoms with E-state index in [2.05, 4.69) is 5.32 Å². The zero-order valence-electron chi connectivity index (χ0n) is 10.8. The lowest BCUT2D eigenvalue weighted by Gasteiger charge is -2.29. The van der Waals surface area contributed by atoms with Crippen LogP contribution in [0, 0.1) is 11.2 Å². The smallest absolute Gasteiger partial charge is 0.322 e. The quantitative estimate of drug-likeness (QED) is 0.669. The van der Waals surface area contributed by atoms with Crippen LogP contribution in [0.15, 0.2) is 18.2 Å². The van der Waals surface area contributed by atoms with Crippen molar-refractivity contribution in [3.8, 4) is 0 Å². The molecule has 6 heteroatoms. The third kappa shape index (κ3) is 1.47. The largest absolute Gasteiger partial charge is 0.468 e. The fraction of sp³-hybridized carbons (Fsp3) is 0.429. The molecule has 1 saturated heterocycles. The lowest BCUT2D eigenvalue weighted by atomic mass is 9.80. The number of hydrogen-bond donors (Lipinski definition) is 1. The summed E-state index contributed by atoms with van der Waals surface area (Å²) < 4.78 is 18.1. The minimum atomic E-state index is -1.19. The van der Waals surface area contributed by atoms with E-state index in [0.29, 0.717) is 24.9 Å². The molecule has 4 nitrogen and oxygen atoms in total. The van der Waals surface area contributed by atoms with Crippen molar-refractivity contribution in [1.82, 2.24) is 5.32 Å². The van der Waals surface area contributed by atoms with Crippen molar-refractivity contribution < 1.29 is 18.7 Å². The molecule has 0 spiro atoms. The van der Waals surface area contributed by atoms with E-state index in [0.717, 1.165) is 0 Å². The molecule has 2 atom stereocenters. The SMILES string of the molecule is COC(=O)C12CC1(c1ccc(F)c(Cl)c1)CCNC2=O. The number of amides is 1. The second kappa shape index (κ2) is 4.19. The summed E-state index contributed by atoms with van der Waals surface area (Å²) in [6, 6.07) is 4.35. The van der Waals surface area contributed by atoms with Crippen LogP contribution in [0.5, 0.6) is 0 Å². The van der Waals surface area contributed by atoms with Gasteiger partial charge in [-0.05, 0) is 30.5 Å². The van der Waals surface area contributed by atoms with Crippen molar-refractivity contribution in [3.05, 3.63) is 34.6 Å². The van der Waals surface area contributed by atoms with Crippen LogP contribution in [0.1, 0.15) is 18.4 Å². The van der Waals surface area contributed by atoms with Crippen LogP contribution in [-0.2, 0) is 19.7 Å². The molecule has 0 bridgehead atoms. The molecule has 1 saturated carbocycles. The van der Waals surface area contributed by atoms with E-state index in [-0.39, 0.29) is 10.9 Å². The van der Waals surface area contributed by atoms with Gasteiger partial charge < -0.3 is 10.1 Å². The molecule has 106 valence electrons. The fourth-order valence-electron chi connectivity index (χ4n) is 3.37. The third-order valence-electron chi connectivity index (χ3n) is 4.49. The molecule has 0 radical (unpaired) electrons. The van der Waals surface area contributed by atoms with Gasteiger partial charge in [-0.25, -0.2) is 4.39 Å². The van der Waals surface area contributed by atoms with E-state index in [4.69, 9.17) is 16.3 Å². The van der Waals surface area contributed by atoms with Crippen molar-refractivity contribution in [2.45, 2.75) is 18.3 Å². The standard InChI is InChI=1S/C14H13ClFNO3/c1-20-12(19)14-7-13(14,4-5-17-11(14)18)8-2-3-10(16)9(15)6-8/h2-3,6H,4-5,7H2,1H3,(H,17,18). The van der Waals surface area contributed by atoms with E-state index in [1.165, 1.54) is 19.2 Å². The van der Waals surface area contributed by atoms with E-state index in [1.807, 2.05) is 0 Å². The highest BCUT2D eigenvalue weighted by molar-refractivity contribution is 6.30. The van der Waals surface area contributed by atoms with Gasteiger partial charge in [0.15, 0.2) is 5.41 Å². The highest BCUT2D eigenvalue weighted by Crippen LogP contribution is 2.68. The molecule has 0 aromatic heterocycles. The van der Waals surface area contributed by atoms with Crippen LogP contribution in [-0.4, -0.2) is 25.5 Å². The van der Waals surface area contributed by atoms with Gasteiger partial charge in [-0.1, -0.05) is 17.7 Å². The number of hydrogen-bond acceptors (Lipinski definition) is 3. The minimum absolute atomic E-state index is 0.00600. The highest BCUT2D eigenvalue weighted by atomic mass is 35.5. The number of benzene rings is 1. The molecule has 2 aliphatic rings. The molecule has 1 aliphatic carbocycles. The first-order valence-electron chi connectivity index (χ1n) is 6.30. The number of carbonyl (C=O) groups excluding carboxylic acids is 2. The summed E-state index contributed by atoms with van der Waals surface area (Å²) in [5, 5.41) is 2.70. The van der Waals surface area contributed by atoms with Crippen molar-refractivity contribution in [1.29, 1.82) is 0 Å². The number of piperidine rings is 1. The Morgan fingerprint density at radius 3 is 2.90 bits per heavy atom. The molecule has 20 heavy (non-hydrogen) atoms. The Kier molecular flexibility index (Phi) is 2.80. The van der Waals surface area contributed by atoms with E-state index in [1.54, 1.807) is 6.07 Å². The Hall–Kier alpha value is -1.62. The topological polar surface area (TPSA) is 55.4 Å². The van der Waals surface area contributed by atoms with Crippen LogP contribution in [0.25, 0.3) is 0 Å². The number of esters is 1. The number of methoxy groups -OCH3 is 1. The van der Waals surface area contributed by atoms with Gasteiger partial charge in [0, 0.05) is 12.0 Å². The maximum Gasteiger partial charge on any atom is 0.322 e. The fourth-order valence-corrected chi connectivity index (χ4v) is 3.55. The maximum atomic E-state index is 13.3. The van der Waals surface area contributed by atoms with Gasteiger partial charge in [0.2, 0.25) is 5.91 Å². The van der Waals surface area contributed by atoms with E-state index >= 15 is 0 Å². The Balaban J connectivity index is 2.09.